The summed E-state index contributed by atoms with van der Waals surface area (Å²) in [5.74, 6) is 1.47. The van der Waals surface area contributed by atoms with E-state index in [2.05, 4.69) is 15.9 Å². The Kier molecular flexibility index (Phi) is 3.00. The van der Waals surface area contributed by atoms with Crippen molar-refractivity contribution in [3.8, 4) is 11.5 Å². The summed E-state index contributed by atoms with van der Waals surface area (Å²) in [6, 6.07) is 3.33. The average molecular weight is 314 g/mol. The van der Waals surface area contributed by atoms with Crippen LogP contribution < -0.4 is 15.2 Å². The minimum absolute atomic E-state index is 0.0951. The zero-order chi connectivity index (χ0) is 12.8. The van der Waals surface area contributed by atoms with E-state index in [1.165, 1.54) is 12.8 Å². The molecule has 0 saturated heterocycles. The molecule has 1 aromatic carbocycles. The summed E-state index contributed by atoms with van der Waals surface area (Å²) in [5.41, 5.74) is 6.92. The van der Waals surface area contributed by atoms with Gasteiger partial charge in [0.05, 0.1) is 25.9 Å². The number of aliphatic hydroxyl groups excluding tert-OH is 1. The van der Waals surface area contributed by atoms with Gasteiger partial charge in [-0.25, -0.2) is 0 Å². The van der Waals surface area contributed by atoms with Gasteiger partial charge in [-0.15, -0.1) is 0 Å². The van der Waals surface area contributed by atoms with E-state index in [4.69, 9.17) is 20.3 Å². The summed E-state index contributed by atoms with van der Waals surface area (Å²) in [7, 11) is 0. The van der Waals surface area contributed by atoms with E-state index in [1.807, 2.05) is 12.1 Å². The van der Waals surface area contributed by atoms with E-state index in [-0.39, 0.29) is 12.0 Å². The molecule has 3 rings (SSSR count). The third kappa shape index (κ3) is 2.11. The maximum Gasteiger partial charge on any atom is 0.162 e. The van der Waals surface area contributed by atoms with Gasteiger partial charge in [0.25, 0.3) is 0 Å². The van der Waals surface area contributed by atoms with Crippen molar-refractivity contribution in [3.63, 3.8) is 0 Å². The summed E-state index contributed by atoms with van der Waals surface area (Å²) in [4.78, 5) is 0. The SMILES string of the molecule is NC(CO)c1cc2c(cc1Br)OCC1(CC1)CO2. The molecule has 1 aliphatic carbocycles. The number of rotatable bonds is 2. The zero-order valence-corrected chi connectivity index (χ0v) is 11.6. The zero-order valence-electron chi connectivity index (χ0n) is 9.99. The number of benzene rings is 1. The Morgan fingerprint density at radius 1 is 1.28 bits per heavy atom. The first-order valence-corrected chi connectivity index (χ1v) is 6.88. The third-order valence-corrected chi connectivity index (χ3v) is 4.37. The van der Waals surface area contributed by atoms with E-state index >= 15 is 0 Å². The van der Waals surface area contributed by atoms with Gasteiger partial charge in [0, 0.05) is 9.89 Å². The van der Waals surface area contributed by atoms with E-state index in [9.17, 15) is 0 Å². The van der Waals surface area contributed by atoms with Crippen LogP contribution in [0.1, 0.15) is 24.4 Å². The van der Waals surface area contributed by atoms with E-state index in [1.54, 1.807) is 0 Å². The van der Waals surface area contributed by atoms with Gasteiger partial charge in [-0.2, -0.15) is 0 Å². The van der Waals surface area contributed by atoms with Crippen LogP contribution in [0, 0.1) is 5.41 Å². The molecule has 3 N–H and O–H groups in total. The van der Waals surface area contributed by atoms with Crippen molar-refractivity contribution in [2.24, 2.45) is 11.1 Å². The van der Waals surface area contributed by atoms with Gasteiger partial charge in [-0.1, -0.05) is 15.9 Å². The topological polar surface area (TPSA) is 64.7 Å². The first-order valence-electron chi connectivity index (χ1n) is 6.09. The monoisotopic (exact) mass is 313 g/mol. The summed E-state index contributed by atoms with van der Waals surface area (Å²) in [6.45, 7) is 1.33. The second-order valence-corrected chi connectivity index (χ2v) is 6.04. The molecule has 5 heteroatoms. The molecule has 1 spiro atoms. The van der Waals surface area contributed by atoms with Crippen molar-refractivity contribution in [2.45, 2.75) is 18.9 Å². The van der Waals surface area contributed by atoms with Crippen LogP contribution >= 0.6 is 15.9 Å². The van der Waals surface area contributed by atoms with E-state index in [0.717, 1.165) is 28.1 Å². The Labute approximate surface area is 114 Å². The lowest BCUT2D eigenvalue weighted by atomic mass is 10.1. The molecule has 0 radical (unpaired) electrons. The maximum absolute atomic E-state index is 9.15. The Hall–Kier alpha value is -0.780. The molecule has 1 unspecified atom stereocenters. The van der Waals surface area contributed by atoms with Gasteiger partial charge in [-0.05, 0) is 30.5 Å². The second kappa shape index (κ2) is 4.40. The third-order valence-electron chi connectivity index (χ3n) is 3.68. The van der Waals surface area contributed by atoms with E-state index in [0.29, 0.717) is 6.61 Å². The fourth-order valence-corrected chi connectivity index (χ4v) is 2.74. The fourth-order valence-electron chi connectivity index (χ4n) is 2.13. The van der Waals surface area contributed by atoms with Crippen molar-refractivity contribution in [3.05, 3.63) is 22.2 Å². The van der Waals surface area contributed by atoms with Crippen LogP contribution in [0.5, 0.6) is 11.5 Å². The number of aliphatic hydroxyl groups is 1. The number of ether oxygens (including phenoxy) is 2. The van der Waals surface area contributed by atoms with Crippen LogP contribution in [-0.4, -0.2) is 24.9 Å². The number of hydrogen-bond donors (Lipinski definition) is 2. The molecule has 0 aromatic heterocycles. The fraction of sp³-hybridized carbons (Fsp3) is 0.538. The standard InChI is InChI=1S/C13H16BrNO3/c14-9-4-12-11(3-8(9)10(15)5-16)17-6-13(1-2-13)7-18-12/h3-4,10,16H,1-2,5-7,15H2. The molecule has 0 bridgehead atoms. The second-order valence-electron chi connectivity index (χ2n) is 5.19. The average Bonchev–Trinajstić information content (AvgIpc) is 3.16. The highest BCUT2D eigenvalue weighted by molar-refractivity contribution is 9.10. The first kappa shape index (κ1) is 12.3. The lowest BCUT2D eigenvalue weighted by molar-refractivity contribution is 0.197. The molecule has 4 nitrogen and oxygen atoms in total. The summed E-state index contributed by atoms with van der Waals surface area (Å²) in [5, 5.41) is 9.15. The minimum Gasteiger partial charge on any atom is -0.489 e. The van der Waals surface area contributed by atoms with Gasteiger partial charge in [0.2, 0.25) is 0 Å². The van der Waals surface area contributed by atoms with Crippen LogP contribution in [0.2, 0.25) is 0 Å². The van der Waals surface area contributed by atoms with Gasteiger partial charge >= 0.3 is 0 Å². The quantitative estimate of drug-likeness (QED) is 0.876. The number of nitrogens with two attached hydrogens (primary N) is 1. The molecule has 98 valence electrons. The van der Waals surface area contributed by atoms with Crippen LogP contribution in [0.15, 0.2) is 16.6 Å². The van der Waals surface area contributed by atoms with Gasteiger partial charge < -0.3 is 20.3 Å². The number of fused-ring (bicyclic) bond motifs is 1. The molecule has 1 fully saturated rings. The predicted molar refractivity (Wildman–Crippen MR) is 70.8 cm³/mol. The molecule has 2 aliphatic rings. The lowest BCUT2D eigenvalue weighted by Gasteiger charge is -2.15. The minimum atomic E-state index is -0.411. The largest absolute Gasteiger partial charge is 0.489 e. The highest BCUT2D eigenvalue weighted by Gasteiger charge is 2.46. The van der Waals surface area contributed by atoms with Crippen LogP contribution in [0.3, 0.4) is 0 Å². The molecule has 18 heavy (non-hydrogen) atoms. The Bertz CT molecular complexity index is 474. The Morgan fingerprint density at radius 3 is 2.44 bits per heavy atom. The summed E-state index contributed by atoms with van der Waals surface area (Å²) >= 11 is 3.46. The van der Waals surface area contributed by atoms with Crippen molar-refractivity contribution in [2.75, 3.05) is 19.8 Å². The Morgan fingerprint density at radius 2 is 1.89 bits per heavy atom. The van der Waals surface area contributed by atoms with Crippen LogP contribution in [-0.2, 0) is 0 Å². The first-order chi connectivity index (χ1) is 8.63. The summed E-state index contributed by atoms with van der Waals surface area (Å²) in [6.07, 6.45) is 2.34. The molecule has 1 saturated carbocycles. The highest BCUT2D eigenvalue weighted by Crippen LogP contribution is 2.49. The normalized spacial score (nSPS) is 21.5. The number of hydrogen-bond acceptors (Lipinski definition) is 4. The highest BCUT2D eigenvalue weighted by atomic mass is 79.9. The molecule has 1 aliphatic heterocycles. The maximum atomic E-state index is 9.15. The van der Waals surface area contributed by atoms with Crippen molar-refractivity contribution >= 4 is 15.9 Å². The van der Waals surface area contributed by atoms with Gasteiger partial charge in [0.15, 0.2) is 11.5 Å². The molecule has 0 amide bonds. The molecular formula is C13H16BrNO3. The molecule has 1 aromatic rings. The smallest absolute Gasteiger partial charge is 0.162 e. The molecular weight excluding hydrogens is 298 g/mol. The molecule has 1 heterocycles. The van der Waals surface area contributed by atoms with Crippen molar-refractivity contribution < 1.29 is 14.6 Å². The molecule has 1 atom stereocenters. The van der Waals surface area contributed by atoms with Crippen LogP contribution in [0.4, 0.5) is 0 Å². The summed E-state index contributed by atoms with van der Waals surface area (Å²) < 4.78 is 12.5. The predicted octanol–water partition coefficient (Wildman–Crippen LogP) is 1.99. The van der Waals surface area contributed by atoms with Crippen LogP contribution in [0.25, 0.3) is 0 Å². The van der Waals surface area contributed by atoms with Gasteiger partial charge in [0.1, 0.15) is 0 Å². The Balaban J connectivity index is 1.93. The number of halogens is 1. The lowest BCUT2D eigenvalue weighted by Crippen LogP contribution is -2.17. The van der Waals surface area contributed by atoms with E-state index < -0.39 is 6.04 Å². The van der Waals surface area contributed by atoms with Crippen molar-refractivity contribution in [1.82, 2.24) is 0 Å². The van der Waals surface area contributed by atoms with Gasteiger partial charge in [-0.3, -0.25) is 0 Å². The van der Waals surface area contributed by atoms with Crippen molar-refractivity contribution in [1.29, 1.82) is 0 Å².